The van der Waals surface area contributed by atoms with Crippen molar-refractivity contribution in [1.82, 2.24) is 0 Å². The molecule has 3 nitrogen and oxygen atoms in total. The average molecular weight is 196 g/mol. The van der Waals surface area contributed by atoms with E-state index in [-0.39, 0.29) is 11.6 Å². The highest BCUT2D eigenvalue weighted by atomic mass is 16.3. The first-order valence-electron chi connectivity index (χ1n) is 5.41. The van der Waals surface area contributed by atoms with Gasteiger partial charge in [0.25, 0.3) is 0 Å². The van der Waals surface area contributed by atoms with Crippen molar-refractivity contribution >= 4 is 11.6 Å². The number of carbonyl (C=O) groups excluding carboxylic acids is 2. The summed E-state index contributed by atoms with van der Waals surface area (Å²) >= 11 is 0. The Bertz CT molecular complexity index is 268. The van der Waals surface area contributed by atoms with Crippen LogP contribution >= 0.6 is 0 Å². The summed E-state index contributed by atoms with van der Waals surface area (Å²) in [5.74, 6) is -0.0178. The van der Waals surface area contributed by atoms with E-state index in [4.69, 9.17) is 0 Å². The normalized spacial score (nSPS) is 39.1. The highest BCUT2D eigenvalue weighted by molar-refractivity contribution is 5.95. The number of aliphatic hydroxyl groups is 1. The summed E-state index contributed by atoms with van der Waals surface area (Å²) in [6.07, 6.45) is 4.04. The van der Waals surface area contributed by atoms with Gasteiger partial charge in [0.05, 0.1) is 5.41 Å². The van der Waals surface area contributed by atoms with E-state index in [2.05, 4.69) is 0 Å². The molecular weight excluding hydrogens is 180 g/mol. The second kappa shape index (κ2) is 3.46. The van der Waals surface area contributed by atoms with Gasteiger partial charge in [-0.25, -0.2) is 0 Å². The molecule has 2 fully saturated rings. The van der Waals surface area contributed by atoms with Crippen molar-refractivity contribution in [3.63, 3.8) is 0 Å². The second-order valence-corrected chi connectivity index (χ2v) is 4.51. The molecular formula is C11H16O3. The molecule has 2 saturated carbocycles. The van der Waals surface area contributed by atoms with Crippen molar-refractivity contribution < 1.29 is 14.7 Å². The van der Waals surface area contributed by atoms with Crippen LogP contribution in [-0.2, 0) is 9.59 Å². The Labute approximate surface area is 83.5 Å². The van der Waals surface area contributed by atoms with Crippen LogP contribution in [0.5, 0.6) is 0 Å². The van der Waals surface area contributed by atoms with Crippen molar-refractivity contribution in [1.29, 1.82) is 0 Å². The third-order valence-electron chi connectivity index (χ3n) is 3.71. The van der Waals surface area contributed by atoms with Crippen molar-refractivity contribution in [2.75, 3.05) is 0 Å². The Kier molecular flexibility index (Phi) is 2.43. The molecule has 1 spiro atoms. The third kappa shape index (κ3) is 1.31. The molecule has 0 amide bonds. The zero-order valence-corrected chi connectivity index (χ0v) is 8.29. The van der Waals surface area contributed by atoms with E-state index in [0.29, 0.717) is 25.7 Å². The molecule has 2 rings (SSSR count). The van der Waals surface area contributed by atoms with Gasteiger partial charge in [0.1, 0.15) is 11.9 Å². The molecule has 0 heterocycles. The smallest absolute Gasteiger partial charge is 0.162 e. The van der Waals surface area contributed by atoms with E-state index >= 15 is 0 Å². The minimum absolute atomic E-state index is 0.115. The lowest BCUT2D eigenvalue weighted by molar-refractivity contribution is -0.154. The number of Topliss-reactive ketones (excluding diaryl/α,β-unsaturated/α-hetero) is 2. The fraction of sp³-hybridized carbons (Fsp3) is 0.818. The van der Waals surface area contributed by atoms with Crippen LogP contribution in [0.2, 0.25) is 0 Å². The van der Waals surface area contributed by atoms with Gasteiger partial charge in [0.2, 0.25) is 0 Å². The van der Waals surface area contributed by atoms with Crippen LogP contribution in [0.25, 0.3) is 0 Å². The van der Waals surface area contributed by atoms with E-state index in [9.17, 15) is 14.7 Å². The molecule has 78 valence electrons. The third-order valence-corrected chi connectivity index (χ3v) is 3.71. The Morgan fingerprint density at radius 2 is 1.79 bits per heavy atom. The zero-order chi connectivity index (χ0) is 10.2. The molecule has 3 heteroatoms. The summed E-state index contributed by atoms with van der Waals surface area (Å²) in [7, 11) is 0. The highest BCUT2D eigenvalue weighted by Crippen LogP contribution is 2.44. The van der Waals surface area contributed by atoms with Crippen LogP contribution < -0.4 is 0 Å². The molecule has 2 aliphatic carbocycles. The summed E-state index contributed by atoms with van der Waals surface area (Å²) in [4.78, 5) is 23.2. The maximum atomic E-state index is 11.8. The largest absolute Gasteiger partial charge is 0.384 e. The number of aliphatic hydroxyl groups excluding tert-OH is 1. The van der Waals surface area contributed by atoms with Crippen LogP contribution in [-0.4, -0.2) is 22.8 Å². The first-order chi connectivity index (χ1) is 6.67. The molecule has 0 radical (unpaired) electrons. The van der Waals surface area contributed by atoms with Gasteiger partial charge < -0.3 is 5.11 Å². The summed E-state index contributed by atoms with van der Waals surface area (Å²) in [6, 6.07) is 0. The summed E-state index contributed by atoms with van der Waals surface area (Å²) in [5.41, 5.74) is -0.687. The Hall–Kier alpha value is -0.700. The number of hydrogen-bond donors (Lipinski definition) is 1. The molecule has 0 aromatic heterocycles. The Balaban J connectivity index is 2.26. The summed E-state index contributed by atoms with van der Waals surface area (Å²) in [5, 5.41) is 9.85. The number of carbonyl (C=O) groups is 2. The minimum atomic E-state index is -1.01. The molecule has 2 aliphatic rings. The molecule has 2 atom stereocenters. The maximum Gasteiger partial charge on any atom is 0.162 e. The quantitative estimate of drug-likeness (QED) is 0.634. The summed E-state index contributed by atoms with van der Waals surface area (Å²) < 4.78 is 0. The SMILES string of the molecule is O=C1CCC[C@@]2(CCCCC2=O)[C@@H]1O. The summed E-state index contributed by atoms with van der Waals surface area (Å²) in [6.45, 7) is 0. The van der Waals surface area contributed by atoms with Crippen LogP contribution in [0.4, 0.5) is 0 Å². The molecule has 0 aromatic rings. The standard InChI is InChI=1S/C11H16O3/c12-8-4-3-7-11(10(8)14)6-2-1-5-9(11)13/h10,14H,1-7H2/t10-,11-/m1/s1. The lowest BCUT2D eigenvalue weighted by Gasteiger charge is -2.41. The molecule has 0 aliphatic heterocycles. The van der Waals surface area contributed by atoms with Crippen LogP contribution in [0.1, 0.15) is 44.9 Å². The van der Waals surface area contributed by atoms with Crippen LogP contribution in [0, 0.1) is 5.41 Å². The molecule has 0 saturated heterocycles. The second-order valence-electron chi connectivity index (χ2n) is 4.51. The van der Waals surface area contributed by atoms with E-state index in [1.165, 1.54) is 0 Å². The number of rotatable bonds is 0. The van der Waals surface area contributed by atoms with Crippen LogP contribution in [0.15, 0.2) is 0 Å². The van der Waals surface area contributed by atoms with Crippen molar-refractivity contribution in [2.45, 2.75) is 51.0 Å². The van der Waals surface area contributed by atoms with Crippen LogP contribution in [0.3, 0.4) is 0 Å². The van der Waals surface area contributed by atoms with Gasteiger partial charge in [0.15, 0.2) is 5.78 Å². The van der Waals surface area contributed by atoms with Gasteiger partial charge in [-0.2, -0.15) is 0 Å². The Morgan fingerprint density at radius 1 is 1.07 bits per heavy atom. The van der Waals surface area contributed by atoms with Gasteiger partial charge in [0, 0.05) is 12.8 Å². The number of hydrogen-bond acceptors (Lipinski definition) is 3. The molecule has 0 aromatic carbocycles. The van der Waals surface area contributed by atoms with Gasteiger partial charge >= 0.3 is 0 Å². The molecule has 0 unspecified atom stereocenters. The van der Waals surface area contributed by atoms with E-state index in [1.54, 1.807) is 0 Å². The predicted octanol–water partition coefficient (Wildman–Crippen LogP) is 1.23. The maximum absolute atomic E-state index is 11.8. The van der Waals surface area contributed by atoms with E-state index < -0.39 is 11.5 Å². The van der Waals surface area contributed by atoms with Gasteiger partial charge in [-0.3, -0.25) is 9.59 Å². The van der Waals surface area contributed by atoms with E-state index in [1.807, 2.05) is 0 Å². The fourth-order valence-corrected chi connectivity index (χ4v) is 2.83. The van der Waals surface area contributed by atoms with E-state index in [0.717, 1.165) is 19.3 Å². The zero-order valence-electron chi connectivity index (χ0n) is 8.29. The lowest BCUT2D eigenvalue weighted by Crippen LogP contribution is -2.50. The van der Waals surface area contributed by atoms with Crippen molar-refractivity contribution in [2.24, 2.45) is 5.41 Å². The van der Waals surface area contributed by atoms with Gasteiger partial charge in [-0.1, -0.05) is 6.42 Å². The predicted molar refractivity (Wildman–Crippen MR) is 50.8 cm³/mol. The first-order valence-corrected chi connectivity index (χ1v) is 5.41. The number of ketones is 2. The molecule has 0 bridgehead atoms. The monoisotopic (exact) mass is 196 g/mol. The lowest BCUT2D eigenvalue weighted by atomic mass is 9.62. The average Bonchev–Trinajstić information content (AvgIpc) is 2.18. The van der Waals surface area contributed by atoms with Gasteiger partial charge in [-0.05, 0) is 25.7 Å². The fourth-order valence-electron chi connectivity index (χ4n) is 2.83. The first kappa shape index (κ1) is 9.84. The topological polar surface area (TPSA) is 54.4 Å². The van der Waals surface area contributed by atoms with Gasteiger partial charge in [-0.15, -0.1) is 0 Å². The van der Waals surface area contributed by atoms with Crippen molar-refractivity contribution in [3.8, 4) is 0 Å². The molecule has 1 N–H and O–H groups in total. The minimum Gasteiger partial charge on any atom is -0.384 e. The van der Waals surface area contributed by atoms with Crippen molar-refractivity contribution in [3.05, 3.63) is 0 Å². The Morgan fingerprint density at radius 3 is 2.50 bits per heavy atom. The highest BCUT2D eigenvalue weighted by Gasteiger charge is 2.50. The molecule has 14 heavy (non-hydrogen) atoms.